The molecule has 3 aromatic rings. The summed E-state index contributed by atoms with van der Waals surface area (Å²) in [6, 6.07) is 10.0. The van der Waals surface area contributed by atoms with Gasteiger partial charge in [-0.2, -0.15) is 0 Å². The second-order valence-corrected chi connectivity index (χ2v) is 6.97. The Morgan fingerprint density at radius 3 is 2.55 bits per heavy atom. The summed E-state index contributed by atoms with van der Waals surface area (Å²) in [5, 5.41) is 7.20. The molecule has 6 nitrogen and oxygen atoms in total. The van der Waals surface area contributed by atoms with Crippen LogP contribution in [0.3, 0.4) is 0 Å². The second kappa shape index (κ2) is 4.80. The van der Waals surface area contributed by atoms with Gasteiger partial charge in [-0.25, -0.2) is 13.4 Å². The molecule has 2 aromatic heterocycles. The van der Waals surface area contributed by atoms with Crippen LogP contribution < -0.4 is 4.74 Å². The van der Waals surface area contributed by atoms with E-state index in [1.54, 1.807) is 6.07 Å². The molecular weight excluding hydrogens is 298 g/mol. The van der Waals surface area contributed by atoms with Crippen molar-refractivity contribution in [2.45, 2.75) is 9.37 Å². The highest BCUT2D eigenvalue weighted by Crippen LogP contribution is 2.28. The lowest BCUT2D eigenvalue weighted by Crippen LogP contribution is -2.05. The number of nitrogens with zero attached hydrogens (tertiary/aromatic N) is 3. The molecule has 8 heteroatoms. The molecule has 20 heavy (non-hydrogen) atoms. The van der Waals surface area contributed by atoms with Crippen LogP contribution in [-0.2, 0) is 9.84 Å². The first-order chi connectivity index (χ1) is 9.61. The number of aromatic nitrogens is 3. The minimum absolute atomic E-state index is 0.0122. The molecule has 0 bridgehead atoms. The van der Waals surface area contributed by atoms with E-state index in [0.717, 1.165) is 16.0 Å². The third-order valence-corrected chi connectivity index (χ3v) is 5.66. The van der Waals surface area contributed by atoms with Gasteiger partial charge in [0.2, 0.25) is 10.2 Å². The Morgan fingerprint density at radius 1 is 1.10 bits per heavy atom. The standard InChI is InChI=1S/C12H9N3O3S2/c1-18-10-6-7-11(15-14-10)20(16,17)12-13-8-4-2-3-5-9(8)19-12/h2-7H,1H3. The number of hydrogen-bond acceptors (Lipinski definition) is 7. The summed E-state index contributed by atoms with van der Waals surface area (Å²) >= 11 is 1.11. The fraction of sp³-hybridized carbons (Fsp3) is 0.0833. The predicted octanol–water partition coefficient (Wildman–Crippen LogP) is 1.93. The SMILES string of the molecule is COc1ccc(S(=O)(=O)c2nc3ccccc3s2)nn1. The zero-order chi connectivity index (χ0) is 14.2. The van der Waals surface area contributed by atoms with Gasteiger partial charge in [0.05, 0.1) is 17.3 Å². The van der Waals surface area contributed by atoms with Crippen molar-refractivity contribution in [1.29, 1.82) is 0 Å². The Kier molecular flexibility index (Phi) is 3.11. The van der Waals surface area contributed by atoms with Crippen LogP contribution in [0, 0.1) is 0 Å². The van der Waals surface area contributed by atoms with Gasteiger partial charge < -0.3 is 4.74 Å². The minimum atomic E-state index is -3.75. The lowest BCUT2D eigenvalue weighted by molar-refractivity contribution is 0.389. The highest BCUT2D eigenvalue weighted by Gasteiger charge is 2.24. The number of methoxy groups -OCH3 is 1. The third kappa shape index (κ3) is 2.12. The van der Waals surface area contributed by atoms with Crippen molar-refractivity contribution in [2.75, 3.05) is 7.11 Å². The summed E-state index contributed by atoms with van der Waals surface area (Å²) in [7, 11) is -2.31. The molecular formula is C12H9N3O3S2. The van der Waals surface area contributed by atoms with Crippen molar-refractivity contribution >= 4 is 31.4 Å². The van der Waals surface area contributed by atoms with E-state index in [9.17, 15) is 8.42 Å². The van der Waals surface area contributed by atoms with Crippen LogP contribution in [0.1, 0.15) is 0 Å². The third-order valence-electron chi connectivity index (χ3n) is 2.60. The molecule has 0 N–H and O–H groups in total. The number of fused-ring (bicyclic) bond motifs is 1. The molecule has 1 aromatic carbocycles. The number of sulfone groups is 1. The van der Waals surface area contributed by atoms with Gasteiger partial charge >= 0.3 is 0 Å². The van der Waals surface area contributed by atoms with E-state index in [0.29, 0.717) is 5.52 Å². The molecule has 0 atom stereocenters. The van der Waals surface area contributed by atoms with Crippen LogP contribution in [0.5, 0.6) is 5.88 Å². The van der Waals surface area contributed by atoms with E-state index in [1.807, 2.05) is 18.2 Å². The fourth-order valence-electron chi connectivity index (χ4n) is 1.62. The molecule has 3 rings (SSSR count). The van der Waals surface area contributed by atoms with Gasteiger partial charge in [-0.3, -0.25) is 0 Å². The van der Waals surface area contributed by atoms with Crippen molar-refractivity contribution in [3.8, 4) is 5.88 Å². The first-order valence-electron chi connectivity index (χ1n) is 5.59. The fourth-order valence-corrected chi connectivity index (χ4v) is 4.07. The number of ether oxygens (including phenoxy) is 1. The Labute approximate surface area is 119 Å². The molecule has 0 aliphatic heterocycles. The zero-order valence-corrected chi connectivity index (χ0v) is 12.0. The molecule has 2 heterocycles. The van der Waals surface area contributed by atoms with Crippen LogP contribution in [0.4, 0.5) is 0 Å². The molecule has 0 fully saturated rings. The molecule has 0 unspecified atom stereocenters. The van der Waals surface area contributed by atoms with E-state index in [4.69, 9.17) is 4.74 Å². The van der Waals surface area contributed by atoms with Crippen molar-refractivity contribution < 1.29 is 13.2 Å². The molecule has 0 saturated carbocycles. The first kappa shape index (κ1) is 12.9. The van der Waals surface area contributed by atoms with Crippen LogP contribution >= 0.6 is 11.3 Å². The van der Waals surface area contributed by atoms with Crippen molar-refractivity contribution in [2.24, 2.45) is 0 Å². The monoisotopic (exact) mass is 307 g/mol. The van der Waals surface area contributed by atoms with Crippen LogP contribution in [0.15, 0.2) is 45.8 Å². The normalized spacial score (nSPS) is 11.7. The first-order valence-corrected chi connectivity index (χ1v) is 7.89. The quantitative estimate of drug-likeness (QED) is 0.735. The summed E-state index contributed by atoms with van der Waals surface area (Å²) in [5.74, 6) is 0.258. The summed E-state index contributed by atoms with van der Waals surface area (Å²) in [4.78, 5) is 4.13. The average molecular weight is 307 g/mol. The van der Waals surface area contributed by atoms with E-state index >= 15 is 0 Å². The summed E-state index contributed by atoms with van der Waals surface area (Å²) < 4.78 is 30.5. The van der Waals surface area contributed by atoms with Gasteiger partial charge in [0.25, 0.3) is 9.84 Å². The maximum absolute atomic E-state index is 12.4. The zero-order valence-electron chi connectivity index (χ0n) is 10.3. The number of rotatable bonds is 3. The summed E-state index contributed by atoms with van der Waals surface area (Å²) in [5.41, 5.74) is 0.651. The van der Waals surface area contributed by atoms with E-state index in [2.05, 4.69) is 15.2 Å². The summed E-state index contributed by atoms with van der Waals surface area (Å²) in [6.07, 6.45) is 0. The van der Waals surface area contributed by atoms with Gasteiger partial charge in [0.1, 0.15) is 0 Å². The van der Waals surface area contributed by atoms with E-state index in [-0.39, 0.29) is 15.2 Å². The molecule has 0 spiro atoms. The van der Waals surface area contributed by atoms with Gasteiger partial charge in [-0.1, -0.05) is 12.1 Å². The molecule has 0 aliphatic carbocycles. The maximum Gasteiger partial charge on any atom is 0.252 e. The van der Waals surface area contributed by atoms with Gasteiger partial charge in [0.15, 0.2) is 5.03 Å². The van der Waals surface area contributed by atoms with Crippen LogP contribution in [-0.4, -0.2) is 30.7 Å². The smallest absolute Gasteiger partial charge is 0.252 e. The highest BCUT2D eigenvalue weighted by molar-refractivity contribution is 7.93. The Morgan fingerprint density at radius 2 is 1.90 bits per heavy atom. The molecule has 0 radical (unpaired) electrons. The van der Waals surface area contributed by atoms with Crippen molar-refractivity contribution in [3.63, 3.8) is 0 Å². The van der Waals surface area contributed by atoms with Crippen molar-refractivity contribution in [3.05, 3.63) is 36.4 Å². The van der Waals surface area contributed by atoms with Gasteiger partial charge in [-0.05, 0) is 18.2 Å². The van der Waals surface area contributed by atoms with Crippen LogP contribution in [0.2, 0.25) is 0 Å². The lowest BCUT2D eigenvalue weighted by Gasteiger charge is -2.00. The lowest BCUT2D eigenvalue weighted by atomic mass is 10.3. The van der Waals surface area contributed by atoms with E-state index < -0.39 is 9.84 Å². The maximum atomic E-state index is 12.4. The molecule has 0 amide bonds. The Hall–Kier alpha value is -2.06. The largest absolute Gasteiger partial charge is 0.480 e. The van der Waals surface area contributed by atoms with Gasteiger partial charge in [0, 0.05) is 6.07 Å². The Balaban J connectivity index is 2.10. The number of hydrogen-bond donors (Lipinski definition) is 0. The summed E-state index contributed by atoms with van der Waals surface area (Å²) in [6.45, 7) is 0. The predicted molar refractivity (Wildman–Crippen MR) is 73.7 cm³/mol. The van der Waals surface area contributed by atoms with Crippen LogP contribution in [0.25, 0.3) is 10.2 Å². The number of benzene rings is 1. The number of para-hydroxylation sites is 1. The number of thiazole rings is 1. The van der Waals surface area contributed by atoms with E-state index in [1.165, 1.54) is 19.2 Å². The molecule has 102 valence electrons. The highest BCUT2D eigenvalue weighted by atomic mass is 32.2. The average Bonchev–Trinajstić information content (AvgIpc) is 2.92. The van der Waals surface area contributed by atoms with Gasteiger partial charge in [-0.15, -0.1) is 21.5 Å². The molecule has 0 saturated heterocycles. The Bertz CT molecular complexity index is 824. The van der Waals surface area contributed by atoms with Crippen molar-refractivity contribution in [1.82, 2.24) is 15.2 Å². The minimum Gasteiger partial charge on any atom is -0.480 e. The second-order valence-electron chi connectivity index (χ2n) is 3.86. The molecule has 0 aliphatic rings. The topological polar surface area (TPSA) is 82.0 Å².